The van der Waals surface area contributed by atoms with Crippen LogP contribution in [0, 0.1) is 5.92 Å². The number of aryl methyl sites for hydroxylation is 1. The third-order valence-electron chi connectivity index (χ3n) is 7.78. The van der Waals surface area contributed by atoms with Crippen molar-refractivity contribution in [2.24, 2.45) is 5.92 Å². The summed E-state index contributed by atoms with van der Waals surface area (Å²) in [4.78, 5) is 13.2. The molecule has 0 bridgehead atoms. The van der Waals surface area contributed by atoms with Crippen molar-refractivity contribution in [3.63, 3.8) is 0 Å². The molecule has 8 heteroatoms. The van der Waals surface area contributed by atoms with Crippen molar-refractivity contribution in [3.05, 3.63) is 64.2 Å². The van der Waals surface area contributed by atoms with E-state index in [2.05, 4.69) is 11.8 Å². The third kappa shape index (κ3) is 5.79. The van der Waals surface area contributed by atoms with Crippen LogP contribution in [0.15, 0.2) is 42.0 Å². The molecule has 1 aliphatic heterocycles. The zero-order chi connectivity index (χ0) is 26.2. The zero-order valence-corrected chi connectivity index (χ0v) is 20.9. The zero-order valence-electron chi connectivity index (χ0n) is 20.9. The van der Waals surface area contributed by atoms with Crippen LogP contribution < -0.4 is 9.47 Å². The van der Waals surface area contributed by atoms with Crippen molar-refractivity contribution in [1.29, 1.82) is 0 Å². The van der Waals surface area contributed by atoms with Gasteiger partial charge < -0.3 is 14.6 Å². The Balaban J connectivity index is 1.24. The molecular formula is C29H32F3NO4. The van der Waals surface area contributed by atoms with Crippen LogP contribution in [-0.2, 0) is 24.0 Å². The highest BCUT2D eigenvalue weighted by Crippen LogP contribution is 2.39. The molecule has 37 heavy (non-hydrogen) atoms. The molecule has 0 unspecified atom stereocenters. The summed E-state index contributed by atoms with van der Waals surface area (Å²) in [7, 11) is 0. The first kappa shape index (κ1) is 25.6. The fourth-order valence-electron chi connectivity index (χ4n) is 5.56. The van der Waals surface area contributed by atoms with Gasteiger partial charge in [-0.2, -0.15) is 13.2 Å². The first-order valence-electron chi connectivity index (χ1n) is 12.9. The number of rotatable bonds is 8. The average molecular weight is 516 g/mol. The van der Waals surface area contributed by atoms with Crippen molar-refractivity contribution in [2.45, 2.75) is 64.3 Å². The quantitative estimate of drug-likeness (QED) is 0.445. The standard InChI is InChI=1S/C29H32F3NO4/c1-18-21(14-33-15-22(16-33)28(34)35)8-7-20-13-24(9-10-25(18)20)36-17-19-6-11-27(26(12-19)29(30,31)32)37-23-4-2-3-5-23/h6,9-13,22-23H,2-5,7-8,14-17H2,1H3,(H,34,35). The molecule has 1 saturated heterocycles. The molecule has 2 aliphatic carbocycles. The summed E-state index contributed by atoms with van der Waals surface area (Å²) in [5.74, 6) is -0.472. The maximum absolute atomic E-state index is 13.7. The summed E-state index contributed by atoms with van der Waals surface area (Å²) in [6.07, 6.45) is 0.656. The fraction of sp³-hybridized carbons (Fsp3) is 0.483. The number of hydrogen-bond acceptors (Lipinski definition) is 4. The number of likely N-dealkylation sites (tertiary alicyclic amines) is 1. The number of benzene rings is 2. The molecular weight excluding hydrogens is 483 g/mol. The van der Waals surface area contributed by atoms with E-state index in [1.807, 2.05) is 18.2 Å². The summed E-state index contributed by atoms with van der Waals surface area (Å²) in [5.41, 5.74) is 4.52. The lowest BCUT2D eigenvalue weighted by molar-refractivity contribution is -0.147. The highest BCUT2D eigenvalue weighted by atomic mass is 19.4. The number of nitrogens with zero attached hydrogens (tertiary/aromatic N) is 1. The molecule has 0 radical (unpaired) electrons. The lowest BCUT2D eigenvalue weighted by atomic mass is 9.85. The summed E-state index contributed by atoms with van der Waals surface area (Å²) in [6, 6.07) is 10.0. The normalized spacial score (nSPS) is 19.0. The predicted octanol–water partition coefficient (Wildman–Crippen LogP) is 6.34. The van der Waals surface area contributed by atoms with Crippen LogP contribution in [0.2, 0.25) is 0 Å². The number of carboxylic acid groups (broad SMARTS) is 1. The molecule has 1 N–H and O–H groups in total. The van der Waals surface area contributed by atoms with Gasteiger partial charge in [-0.15, -0.1) is 0 Å². The van der Waals surface area contributed by atoms with Gasteiger partial charge in [0.1, 0.15) is 18.1 Å². The van der Waals surface area contributed by atoms with E-state index < -0.39 is 17.7 Å². The summed E-state index contributed by atoms with van der Waals surface area (Å²) in [5, 5.41) is 9.09. The Morgan fingerprint density at radius 3 is 2.54 bits per heavy atom. The highest BCUT2D eigenvalue weighted by Gasteiger charge is 2.36. The van der Waals surface area contributed by atoms with Gasteiger partial charge >= 0.3 is 12.1 Å². The Morgan fingerprint density at radius 1 is 1.08 bits per heavy atom. The minimum atomic E-state index is -4.50. The van der Waals surface area contributed by atoms with E-state index in [1.165, 1.54) is 17.2 Å². The second-order valence-corrected chi connectivity index (χ2v) is 10.4. The molecule has 1 heterocycles. The molecule has 0 aromatic heterocycles. The molecule has 1 saturated carbocycles. The number of carboxylic acids is 1. The Bertz CT molecular complexity index is 1190. The van der Waals surface area contributed by atoms with Crippen molar-refractivity contribution in [1.82, 2.24) is 4.90 Å². The molecule has 5 nitrogen and oxygen atoms in total. The number of ether oxygens (including phenoxy) is 2. The average Bonchev–Trinajstić information content (AvgIpc) is 3.34. The second-order valence-electron chi connectivity index (χ2n) is 10.4. The van der Waals surface area contributed by atoms with E-state index in [0.29, 0.717) is 24.4 Å². The summed E-state index contributed by atoms with van der Waals surface area (Å²) >= 11 is 0. The fourth-order valence-corrected chi connectivity index (χ4v) is 5.56. The smallest absolute Gasteiger partial charge is 0.419 e. The van der Waals surface area contributed by atoms with Crippen molar-refractivity contribution in [2.75, 3.05) is 19.6 Å². The number of allylic oxidation sites excluding steroid dienone is 1. The van der Waals surface area contributed by atoms with E-state index in [1.54, 1.807) is 6.07 Å². The Hall–Kier alpha value is -3.00. The van der Waals surface area contributed by atoms with Crippen molar-refractivity contribution in [3.8, 4) is 11.5 Å². The van der Waals surface area contributed by atoms with E-state index in [-0.39, 0.29) is 24.4 Å². The van der Waals surface area contributed by atoms with Gasteiger partial charge in [-0.25, -0.2) is 0 Å². The summed E-state index contributed by atoms with van der Waals surface area (Å²) < 4.78 is 52.8. The van der Waals surface area contributed by atoms with Crippen LogP contribution in [0.3, 0.4) is 0 Å². The van der Waals surface area contributed by atoms with Gasteiger partial charge in [-0.3, -0.25) is 9.69 Å². The SMILES string of the molecule is CC1=C(CN2CC(C(=O)O)C2)CCc2cc(OCc3ccc(OC4CCCC4)c(C(F)(F)F)c3)ccc21. The predicted molar refractivity (Wildman–Crippen MR) is 134 cm³/mol. The minimum Gasteiger partial charge on any atom is -0.490 e. The molecule has 3 aliphatic rings. The Labute approximate surface area is 214 Å². The van der Waals surface area contributed by atoms with Crippen LogP contribution in [-0.4, -0.2) is 41.7 Å². The number of hydrogen-bond donors (Lipinski definition) is 1. The van der Waals surface area contributed by atoms with Gasteiger partial charge in [0.2, 0.25) is 0 Å². The lowest BCUT2D eigenvalue weighted by Gasteiger charge is -2.38. The molecule has 198 valence electrons. The van der Waals surface area contributed by atoms with Crippen molar-refractivity contribution >= 4 is 11.5 Å². The maximum atomic E-state index is 13.7. The molecule has 2 fully saturated rings. The molecule has 0 spiro atoms. The third-order valence-corrected chi connectivity index (χ3v) is 7.78. The largest absolute Gasteiger partial charge is 0.490 e. The molecule has 5 rings (SSSR count). The number of aliphatic carboxylic acids is 1. The number of halogens is 3. The minimum absolute atomic E-state index is 0.0331. The van der Waals surface area contributed by atoms with Gasteiger partial charge in [0.15, 0.2) is 0 Å². The first-order valence-corrected chi connectivity index (χ1v) is 12.9. The van der Waals surface area contributed by atoms with Crippen LogP contribution in [0.5, 0.6) is 11.5 Å². The topological polar surface area (TPSA) is 59.0 Å². The van der Waals surface area contributed by atoms with Gasteiger partial charge in [0, 0.05) is 19.6 Å². The molecule has 0 amide bonds. The van der Waals surface area contributed by atoms with Crippen LogP contribution in [0.1, 0.15) is 61.3 Å². The van der Waals surface area contributed by atoms with E-state index in [0.717, 1.165) is 62.3 Å². The van der Waals surface area contributed by atoms with Crippen LogP contribution in [0.25, 0.3) is 5.57 Å². The molecule has 2 aromatic carbocycles. The Kier molecular flexibility index (Phi) is 7.21. The van der Waals surface area contributed by atoms with Crippen LogP contribution >= 0.6 is 0 Å². The first-order chi connectivity index (χ1) is 17.7. The van der Waals surface area contributed by atoms with Gasteiger partial charge in [0.25, 0.3) is 0 Å². The number of alkyl halides is 3. The lowest BCUT2D eigenvalue weighted by Crippen LogP contribution is -2.50. The van der Waals surface area contributed by atoms with Gasteiger partial charge in [-0.05, 0) is 92.0 Å². The van der Waals surface area contributed by atoms with E-state index in [4.69, 9.17) is 14.6 Å². The Morgan fingerprint density at radius 2 is 1.84 bits per heavy atom. The van der Waals surface area contributed by atoms with Gasteiger partial charge in [-0.1, -0.05) is 17.7 Å². The highest BCUT2D eigenvalue weighted by molar-refractivity contribution is 5.73. The monoisotopic (exact) mass is 515 g/mol. The second kappa shape index (κ2) is 10.4. The molecule has 2 aromatic rings. The van der Waals surface area contributed by atoms with Gasteiger partial charge in [0.05, 0.1) is 17.6 Å². The number of fused-ring (bicyclic) bond motifs is 1. The van der Waals surface area contributed by atoms with E-state index in [9.17, 15) is 18.0 Å². The van der Waals surface area contributed by atoms with E-state index >= 15 is 0 Å². The molecule has 0 atom stereocenters. The number of carbonyl (C=O) groups is 1. The summed E-state index contributed by atoms with van der Waals surface area (Å²) in [6.45, 7) is 4.10. The maximum Gasteiger partial charge on any atom is 0.419 e. The van der Waals surface area contributed by atoms with Crippen LogP contribution in [0.4, 0.5) is 13.2 Å². The van der Waals surface area contributed by atoms with Crippen molar-refractivity contribution < 1.29 is 32.5 Å².